The molecule has 1 aromatic carbocycles. The molecule has 0 bridgehead atoms. The van der Waals surface area contributed by atoms with Crippen LogP contribution in [0.3, 0.4) is 0 Å². The van der Waals surface area contributed by atoms with Crippen LogP contribution in [0.25, 0.3) is 11.4 Å². The van der Waals surface area contributed by atoms with Crippen molar-refractivity contribution in [3.05, 3.63) is 40.0 Å². The van der Waals surface area contributed by atoms with E-state index < -0.39 is 21.5 Å². The molecule has 0 aliphatic carbocycles. The Labute approximate surface area is 178 Å². The highest BCUT2D eigenvalue weighted by molar-refractivity contribution is 7.90. The zero-order chi connectivity index (χ0) is 21.5. The number of aliphatic hydroxyl groups is 1. The summed E-state index contributed by atoms with van der Waals surface area (Å²) in [5.74, 6) is -1.03. The fourth-order valence-corrected chi connectivity index (χ4v) is 5.80. The normalized spacial score (nSPS) is 18.6. The highest BCUT2D eigenvalue weighted by atomic mass is 35.5. The minimum Gasteiger partial charge on any atom is -0.396 e. The summed E-state index contributed by atoms with van der Waals surface area (Å²) in [6, 6.07) is 1.81. The molecule has 10 heteroatoms. The molecule has 30 heavy (non-hydrogen) atoms. The summed E-state index contributed by atoms with van der Waals surface area (Å²) in [7, 11) is -3.36. The van der Waals surface area contributed by atoms with Crippen LogP contribution in [0.4, 0.5) is 14.6 Å². The summed E-state index contributed by atoms with van der Waals surface area (Å²) in [6.45, 7) is 1.52. The first kappa shape index (κ1) is 21.4. The number of aliphatic hydroxyl groups excluding tert-OH is 1. The SMILES string of the molecule is O=S1(=O)Cc2nc(-c3cc(F)c(Cl)cc3F)nc(N3CCC(CCCO)CC3)c2C1. The van der Waals surface area contributed by atoms with Crippen molar-refractivity contribution >= 4 is 27.3 Å². The third-order valence-corrected chi connectivity index (χ3v) is 7.46. The standard InChI is InChI=1S/C20H22ClF2N3O3S/c21-15-9-16(22)13(8-17(15)23)19-24-18-11-30(28,29)10-14(18)20(25-19)26-5-3-12(4-6-26)2-1-7-27/h8-9,12,27H,1-7,10-11H2. The third-order valence-electron chi connectivity index (χ3n) is 5.73. The lowest BCUT2D eigenvalue weighted by molar-refractivity contribution is 0.261. The molecule has 2 aliphatic rings. The monoisotopic (exact) mass is 457 g/mol. The van der Waals surface area contributed by atoms with Crippen molar-refractivity contribution < 1.29 is 22.3 Å². The molecule has 0 radical (unpaired) electrons. The van der Waals surface area contributed by atoms with E-state index in [0.29, 0.717) is 36.1 Å². The average molecular weight is 458 g/mol. The first-order chi connectivity index (χ1) is 14.3. The van der Waals surface area contributed by atoms with Crippen molar-refractivity contribution in [2.24, 2.45) is 5.92 Å². The third kappa shape index (κ3) is 4.29. The van der Waals surface area contributed by atoms with Gasteiger partial charge in [0.2, 0.25) is 0 Å². The van der Waals surface area contributed by atoms with E-state index in [1.807, 2.05) is 4.90 Å². The Morgan fingerprint density at radius 2 is 1.87 bits per heavy atom. The van der Waals surface area contributed by atoms with Gasteiger partial charge in [-0.2, -0.15) is 0 Å². The minimum atomic E-state index is -3.36. The van der Waals surface area contributed by atoms with Gasteiger partial charge in [-0.25, -0.2) is 27.2 Å². The number of nitrogens with zero attached hydrogens (tertiary/aromatic N) is 3. The van der Waals surface area contributed by atoms with Gasteiger partial charge in [-0.05, 0) is 43.7 Å². The fraction of sp³-hybridized carbons (Fsp3) is 0.500. The molecule has 3 heterocycles. The van der Waals surface area contributed by atoms with E-state index in [9.17, 15) is 17.2 Å². The summed E-state index contributed by atoms with van der Waals surface area (Å²) in [4.78, 5) is 10.8. The van der Waals surface area contributed by atoms with E-state index in [1.165, 1.54) is 0 Å². The van der Waals surface area contributed by atoms with Crippen LogP contribution < -0.4 is 4.90 Å². The van der Waals surface area contributed by atoms with Gasteiger partial charge in [-0.3, -0.25) is 0 Å². The average Bonchev–Trinajstić information content (AvgIpc) is 3.02. The molecule has 0 saturated carbocycles. The van der Waals surface area contributed by atoms with Crippen LogP contribution in [0.2, 0.25) is 5.02 Å². The molecule has 1 N–H and O–H groups in total. The van der Waals surface area contributed by atoms with Crippen LogP contribution in [0.1, 0.15) is 36.9 Å². The number of fused-ring (bicyclic) bond motifs is 1. The number of hydrogen-bond donors (Lipinski definition) is 1. The van der Waals surface area contributed by atoms with Crippen LogP contribution in [0.5, 0.6) is 0 Å². The number of benzene rings is 1. The number of hydrogen-bond acceptors (Lipinski definition) is 6. The predicted molar refractivity (Wildman–Crippen MR) is 110 cm³/mol. The van der Waals surface area contributed by atoms with Gasteiger partial charge in [-0.15, -0.1) is 0 Å². The predicted octanol–water partition coefficient (Wildman–Crippen LogP) is 3.49. The number of anilines is 1. The number of piperidine rings is 1. The van der Waals surface area contributed by atoms with Crippen LogP contribution in [-0.2, 0) is 21.3 Å². The van der Waals surface area contributed by atoms with Gasteiger partial charge in [0.25, 0.3) is 0 Å². The van der Waals surface area contributed by atoms with Crippen molar-refractivity contribution in [2.75, 3.05) is 24.6 Å². The Morgan fingerprint density at radius 1 is 1.13 bits per heavy atom. The molecular formula is C20H22ClF2N3O3S. The van der Waals surface area contributed by atoms with Gasteiger partial charge in [0.15, 0.2) is 15.7 Å². The van der Waals surface area contributed by atoms with E-state index in [1.54, 1.807) is 0 Å². The number of rotatable bonds is 5. The van der Waals surface area contributed by atoms with Gasteiger partial charge >= 0.3 is 0 Å². The lowest BCUT2D eigenvalue weighted by atomic mass is 9.92. The van der Waals surface area contributed by atoms with Gasteiger partial charge in [0, 0.05) is 25.3 Å². The summed E-state index contributed by atoms with van der Waals surface area (Å²) in [5, 5.41) is 8.69. The van der Waals surface area contributed by atoms with Gasteiger partial charge in [-0.1, -0.05) is 11.6 Å². The van der Waals surface area contributed by atoms with Crippen LogP contribution >= 0.6 is 11.6 Å². The molecule has 0 atom stereocenters. The zero-order valence-corrected chi connectivity index (χ0v) is 17.8. The second-order valence-electron chi connectivity index (χ2n) is 7.87. The van der Waals surface area contributed by atoms with Crippen molar-refractivity contribution in [3.63, 3.8) is 0 Å². The second-order valence-corrected chi connectivity index (χ2v) is 10.3. The minimum absolute atomic E-state index is 0.0451. The Hall–Kier alpha value is -1.84. The second kappa shape index (κ2) is 8.36. The lowest BCUT2D eigenvalue weighted by Crippen LogP contribution is -2.35. The summed E-state index contributed by atoms with van der Waals surface area (Å²) in [6.07, 6.45) is 3.49. The molecule has 2 aliphatic heterocycles. The van der Waals surface area contributed by atoms with Gasteiger partial charge in [0.1, 0.15) is 17.5 Å². The van der Waals surface area contributed by atoms with Crippen molar-refractivity contribution in [1.29, 1.82) is 0 Å². The summed E-state index contributed by atoms with van der Waals surface area (Å²) < 4.78 is 52.9. The molecule has 1 fully saturated rings. The summed E-state index contributed by atoms with van der Waals surface area (Å²) >= 11 is 5.65. The zero-order valence-electron chi connectivity index (χ0n) is 16.2. The van der Waals surface area contributed by atoms with E-state index in [0.717, 1.165) is 37.8 Å². The largest absolute Gasteiger partial charge is 0.396 e. The van der Waals surface area contributed by atoms with Gasteiger partial charge < -0.3 is 10.0 Å². The van der Waals surface area contributed by atoms with Gasteiger partial charge in [0.05, 0.1) is 27.8 Å². The topological polar surface area (TPSA) is 83.4 Å². The van der Waals surface area contributed by atoms with Crippen LogP contribution in [0.15, 0.2) is 12.1 Å². The molecule has 1 aromatic heterocycles. The van der Waals surface area contributed by atoms with E-state index in [2.05, 4.69) is 9.97 Å². The molecular weight excluding hydrogens is 436 g/mol. The molecule has 2 aromatic rings. The van der Waals surface area contributed by atoms with Crippen LogP contribution in [0, 0.1) is 17.6 Å². The maximum Gasteiger partial charge on any atom is 0.164 e. The van der Waals surface area contributed by atoms with Crippen molar-refractivity contribution in [3.8, 4) is 11.4 Å². The molecule has 0 spiro atoms. The molecule has 162 valence electrons. The fourth-order valence-electron chi connectivity index (χ4n) is 4.15. The van der Waals surface area contributed by atoms with Crippen molar-refractivity contribution in [2.45, 2.75) is 37.2 Å². The van der Waals surface area contributed by atoms with Crippen molar-refractivity contribution in [1.82, 2.24) is 9.97 Å². The smallest absolute Gasteiger partial charge is 0.164 e. The molecule has 1 saturated heterocycles. The number of aromatic nitrogens is 2. The molecule has 0 amide bonds. The molecule has 4 rings (SSSR count). The maximum absolute atomic E-state index is 14.5. The molecule has 6 nitrogen and oxygen atoms in total. The quantitative estimate of drug-likeness (QED) is 0.692. The first-order valence-corrected chi connectivity index (χ1v) is 12.1. The molecule has 0 unspecified atom stereocenters. The number of sulfone groups is 1. The van der Waals surface area contributed by atoms with E-state index >= 15 is 0 Å². The maximum atomic E-state index is 14.5. The van der Waals surface area contributed by atoms with E-state index in [4.69, 9.17) is 16.7 Å². The lowest BCUT2D eigenvalue weighted by Gasteiger charge is -2.34. The first-order valence-electron chi connectivity index (χ1n) is 9.88. The van der Waals surface area contributed by atoms with E-state index in [-0.39, 0.29) is 34.5 Å². The Balaban J connectivity index is 1.72. The van der Waals surface area contributed by atoms with Crippen LogP contribution in [-0.4, -0.2) is 43.2 Å². The highest BCUT2D eigenvalue weighted by Gasteiger charge is 2.33. The Morgan fingerprint density at radius 3 is 2.57 bits per heavy atom. The Kier molecular flexibility index (Phi) is 5.96. The number of halogens is 3. The Bertz CT molecular complexity index is 1070. The highest BCUT2D eigenvalue weighted by Crippen LogP contribution is 2.36. The summed E-state index contributed by atoms with van der Waals surface area (Å²) in [5.41, 5.74) is 0.734.